The van der Waals surface area contributed by atoms with Gasteiger partial charge in [-0.15, -0.1) is 11.3 Å². The summed E-state index contributed by atoms with van der Waals surface area (Å²) < 4.78 is 104. The Morgan fingerprint density at radius 1 is 0.411 bits per heavy atom. The molecule has 0 bridgehead atoms. The van der Waals surface area contributed by atoms with Gasteiger partial charge >= 0.3 is 0 Å². The van der Waals surface area contributed by atoms with Gasteiger partial charge in [-0.1, -0.05) is 158 Å². The van der Waals surface area contributed by atoms with Crippen LogP contribution in [0.2, 0.25) is 0 Å². The van der Waals surface area contributed by atoms with E-state index in [-0.39, 0.29) is 60.4 Å². The van der Waals surface area contributed by atoms with E-state index in [2.05, 4.69) is 0 Å². The lowest BCUT2D eigenvalue weighted by Gasteiger charge is -2.12. The van der Waals surface area contributed by atoms with Gasteiger partial charge < -0.3 is 4.42 Å². The van der Waals surface area contributed by atoms with Crippen LogP contribution in [0.15, 0.2) is 192 Å². The maximum Gasteiger partial charge on any atom is 0.164 e. The quantitative estimate of drug-likeness (QED) is 0.170. The first kappa shape index (κ1) is 22.9. The van der Waals surface area contributed by atoms with Crippen LogP contribution in [-0.2, 0) is 0 Å². The number of thiophene rings is 1. The summed E-state index contributed by atoms with van der Waals surface area (Å²) in [7, 11) is 0. The van der Waals surface area contributed by atoms with Crippen molar-refractivity contribution in [2.24, 2.45) is 0 Å². The third-order valence-electron chi connectivity index (χ3n) is 9.79. The Morgan fingerprint density at radius 2 is 1.09 bits per heavy atom. The molecule has 0 saturated heterocycles. The zero-order valence-electron chi connectivity index (χ0n) is 40.2. The van der Waals surface area contributed by atoms with Crippen LogP contribution in [0.3, 0.4) is 0 Å². The third kappa shape index (κ3) is 5.56. The molecular weight excluding hydrogens is 703 g/mol. The summed E-state index contributed by atoms with van der Waals surface area (Å²) in [5, 5.41) is 1.91. The van der Waals surface area contributed by atoms with Gasteiger partial charge in [0.15, 0.2) is 17.5 Å². The molecule has 0 fully saturated rings. The van der Waals surface area contributed by atoms with E-state index in [0.29, 0.717) is 16.7 Å². The molecule has 56 heavy (non-hydrogen) atoms. The summed E-state index contributed by atoms with van der Waals surface area (Å²) in [4.78, 5) is 14.9. The van der Waals surface area contributed by atoms with Gasteiger partial charge in [0.25, 0.3) is 0 Å². The van der Waals surface area contributed by atoms with Gasteiger partial charge in [0.1, 0.15) is 11.2 Å². The average Bonchev–Trinajstić information content (AvgIpc) is 3.94. The monoisotopic (exact) mass is 744 g/mol. The molecule has 0 unspecified atom stereocenters. The number of furan rings is 1. The van der Waals surface area contributed by atoms with Crippen molar-refractivity contribution >= 4 is 53.4 Å². The minimum Gasteiger partial charge on any atom is -0.456 e. The zero-order valence-corrected chi connectivity index (χ0v) is 30.0. The van der Waals surface area contributed by atoms with Crippen molar-refractivity contribution in [3.8, 4) is 67.5 Å². The number of rotatable bonds is 6. The van der Waals surface area contributed by atoms with Crippen molar-refractivity contribution in [1.82, 2.24) is 15.0 Å². The Morgan fingerprint density at radius 3 is 1.95 bits per heavy atom. The molecule has 0 aliphatic rings. The highest BCUT2D eigenvalue weighted by Gasteiger charge is 2.18. The molecule has 0 saturated carbocycles. The van der Waals surface area contributed by atoms with E-state index >= 15 is 0 Å². The Labute approximate surface area is 342 Å². The van der Waals surface area contributed by atoms with Gasteiger partial charge in [0.2, 0.25) is 0 Å². The largest absolute Gasteiger partial charge is 0.456 e. The van der Waals surface area contributed by atoms with E-state index in [1.165, 1.54) is 0 Å². The molecule has 0 spiro atoms. The fourth-order valence-electron chi connectivity index (χ4n) is 7.13. The molecule has 3 aromatic heterocycles. The van der Waals surface area contributed by atoms with Crippen LogP contribution >= 0.6 is 11.3 Å². The smallest absolute Gasteiger partial charge is 0.164 e. The molecule has 262 valence electrons. The number of benzene rings is 8. The molecular formula is C51H31N3OS. The first-order valence-electron chi connectivity index (χ1n) is 23.3. The molecule has 11 aromatic rings. The summed E-state index contributed by atoms with van der Waals surface area (Å²) in [6.07, 6.45) is 0. The summed E-state index contributed by atoms with van der Waals surface area (Å²) in [5.41, 5.74) is 5.53. The first-order valence-corrected chi connectivity index (χ1v) is 18.6. The predicted molar refractivity (Wildman–Crippen MR) is 233 cm³/mol. The number of hydrogen-bond acceptors (Lipinski definition) is 5. The van der Waals surface area contributed by atoms with Gasteiger partial charge in [-0.05, 0) is 63.7 Å². The van der Waals surface area contributed by atoms with Crippen LogP contribution in [0, 0.1) is 0 Å². The average molecular weight is 745 g/mol. The lowest BCUT2D eigenvalue weighted by molar-refractivity contribution is 0.669. The molecule has 3 heterocycles. The molecule has 0 radical (unpaired) electrons. The van der Waals surface area contributed by atoms with E-state index in [0.717, 1.165) is 49.9 Å². The summed E-state index contributed by atoms with van der Waals surface area (Å²) in [5.74, 6) is 0.388. The molecule has 4 nitrogen and oxygen atoms in total. The van der Waals surface area contributed by atoms with Crippen molar-refractivity contribution in [3.63, 3.8) is 0 Å². The van der Waals surface area contributed by atoms with Gasteiger partial charge in [-0.2, -0.15) is 0 Å². The minimum atomic E-state index is -0.659. The van der Waals surface area contributed by atoms with Gasteiger partial charge in [0.05, 0.1) is 15.1 Å². The van der Waals surface area contributed by atoms with Crippen molar-refractivity contribution in [2.45, 2.75) is 0 Å². The Balaban J connectivity index is 1.16. The van der Waals surface area contributed by atoms with E-state index < -0.39 is 60.4 Å². The van der Waals surface area contributed by atoms with Crippen molar-refractivity contribution in [3.05, 3.63) is 188 Å². The number of hydrogen-bond donors (Lipinski definition) is 0. The second kappa shape index (κ2) is 13.3. The fourth-order valence-corrected chi connectivity index (χ4v) is 8.15. The summed E-state index contributed by atoms with van der Waals surface area (Å²) in [6.45, 7) is 0. The molecule has 0 atom stereocenters. The highest BCUT2D eigenvalue weighted by atomic mass is 32.1. The van der Waals surface area contributed by atoms with Crippen LogP contribution in [0.4, 0.5) is 0 Å². The molecule has 0 aliphatic heterocycles. The highest BCUT2D eigenvalue weighted by Crippen LogP contribution is 2.42. The Kier molecular flexibility index (Phi) is 5.42. The van der Waals surface area contributed by atoms with E-state index in [1.54, 1.807) is 0 Å². The van der Waals surface area contributed by atoms with Crippen molar-refractivity contribution < 1.29 is 19.5 Å². The lowest BCUT2D eigenvalue weighted by Crippen LogP contribution is -2.01. The Hall–Kier alpha value is -7.21. The number of nitrogens with zero attached hydrogens (tertiary/aromatic N) is 3. The third-order valence-corrected chi connectivity index (χ3v) is 10.8. The van der Waals surface area contributed by atoms with Crippen LogP contribution in [0.1, 0.15) is 15.1 Å². The second-order valence-electron chi connectivity index (χ2n) is 13.1. The second-order valence-corrected chi connectivity index (χ2v) is 14.1. The lowest BCUT2D eigenvalue weighted by atomic mass is 9.97. The van der Waals surface area contributed by atoms with Gasteiger partial charge in [0, 0.05) is 47.6 Å². The Bertz CT molecular complexity index is 3860. The molecule has 0 amide bonds. The van der Waals surface area contributed by atoms with Crippen LogP contribution in [-0.4, -0.2) is 15.0 Å². The van der Waals surface area contributed by atoms with Crippen LogP contribution in [0.5, 0.6) is 0 Å². The maximum absolute atomic E-state index is 9.74. The summed E-state index contributed by atoms with van der Waals surface area (Å²) in [6, 6.07) is 33.0. The maximum atomic E-state index is 9.74. The summed E-state index contributed by atoms with van der Waals surface area (Å²) >= 11 is 0.889. The number of aromatic nitrogens is 3. The standard InChI is InChI=1S/C51H31N3OS/c1-3-12-32(13-4-1)33-22-24-35(25-23-33)49-52-50(37-27-29-43-47(31-37)56-46-21-11-19-39(48(43)46)34-14-5-2-6-15-34)54-51(53-49)42-18-8-7-16-38(42)36-26-28-41-40-17-9-10-20-44(40)55-45(41)30-36/h1-31H/i2D,5D,6D,11D,14D,15D,19D,21D,27D,29D,31D. The van der Waals surface area contributed by atoms with E-state index in [4.69, 9.17) is 30.3 Å². The first-order chi connectivity index (χ1) is 32.3. The zero-order chi connectivity index (χ0) is 46.6. The van der Waals surface area contributed by atoms with Gasteiger partial charge in [-0.25, -0.2) is 15.0 Å². The molecule has 8 aromatic carbocycles. The van der Waals surface area contributed by atoms with Crippen molar-refractivity contribution in [2.75, 3.05) is 0 Å². The molecule has 0 aliphatic carbocycles. The number of fused-ring (bicyclic) bond motifs is 6. The predicted octanol–water partition coefficient (Wildman–Crippen LogP) is 14.1. The van der Waals surface area contributed by atoms with Crippen molar-refractivity contribution in [1.29, 1.82) is 0 Å². The normalized spacial score (nSPS) is 14.3. The molecule has 0 N–H and O–H groups in total. The molecule has 11 rings (SSSR count). The van der Waals surface area contributed by atoms with E-state index in [9.17, 15) is 4.11 Å². The topological polar surface area (TPSA) is 51.8 Å². The highest BCUT2D eigenvalue weighted by molar-refractivity contribution is 7.26. The van der Waals surface area contributed by atoms with E-state index in [1.807, 2.05) is 121 Å². The van der Waals surface area contributed by atoms with Gasteiger partial charge in [-0.3, -0.25) is 0 Å². The number of para-hydroxylation sites is 1. The molecule has 5 heteroatoms. The fraction of sp³-hybridized carbons (Fsp3) is 0. The van der Waals surface area contributed by atoms with Crippen LogP contribution < -0.4 is 0 Å². The minimum absolute atomic E-state index is 0.0195. The van der Waals surface area contributed by atoms with Crippen LogP contribution in [0.25, 0.3) is 110 Å². The SMILES string of the molecule is [2H]c1c([2H])c([2H])c(-c2c([2H])c([2H])c([2H])c3sc4c([2H])c(-c5nc(-c6ccc(-c7ccccc7)cc6)nc(-c6ccccc6-c6ccc7c(c6)oc6ccccc67)n5)c([2H])c([2H])c4c23)c([2H])c1[2H].